The second kappa shape index (κ2) is 8.26. The number of sulfonamides is 1. The first-order valence-corrected chi connectivity index (χ1v) is 10.6. The number of anilines is 2. The number of amides is 1. The number of hydrogen-bond acceptors (Lipinski definition) is 4. The SMILES string of the molecule is O=C(Cc1ccc(NS(=O)(=O)c2cccs2)cc1)Nc1ccc(C(F)(F)F)cc1. The van der Waals surface area contributed by atoms with E-state index in [0.717, 1.165) is 23.5 Å². The van der Waals surface area contributed by atoms with E-state index >= 15 is 0 Å². The number of halogens is 3. The van der Waals surface area contributed by atoms with Gasteiger partial charge in [0.25, 0.3) is 10.0 Å². The van der Waals surface area contributed by atoms with Gasteiger partial charge in [0.1, 0.15) is 4.21 Å². The van der Waals surface area contributed by atoms with Crippen LogP contribution in [0.4, 0.5) is 24.5 Å². The van der Waals surface area contributed by atoms with Crippen LogP contribution in [0.1, 0.15) is 11.1 Å². The van der Waals surface area contributed by atoms with E-state index in [1.54, 1.807) is 23.6 Å². The summed E-state index contributed by atoms with van der Waals surface area (Å²) < 4.78 is 64.7. The van der Waals surface area contributed by atoms with E-state index in [-0.39, 0.29) is 16.3 Å². The lowest BCUT2D eigenvalue weighted by Gasteiger charge is -2.09. The molecule has 0 spiro atoms. The van der Waals surface area contributed by atoms with Gasteiger partial charge in [-0.2, -0.15) is 13.2 Å². The summed E-state index contributed by atoms with van der Waals surface area (Å²) >= 11 is 1.10. The molecule has 0 saturated carbocycles. The fourth-order valence-electron chi connectivity index (χ4n) is 2.45. The third-order valence-corrected chi connectivity index (χ3v) is 6.61. The molecule has 0 fully saturated rings. The van der Waals surface area contributed by atoms with Crippen LogP contribution in [0.5, 0.6) is 0 Å². The average Bonchev–Trinajstić information content (AvgIpc) is 3.18. The summed E-state index contributed by atoms with van der Waals surface area (Å²) in [5.41, 5.74) is 0.429. The van der Waals surface area contributed by atoms with Crippen molar-refractivity contribution < 1.29 is 26.4 Å². The topological polar surface area (TPSA) is 75.3 Å². The number of thiophene rings is 1. The highest BCUT2D eigenvalue weighted by Crippen LogP contribution is 2.29. The second-order valence-corrected chi connectivity index (χ2v) is 8.89. The van der Waals surface area contributed by atoms with Crippen LogP contribution in [0.2, 0.25) is 0 Å². The minimum Gasteiger partial charge on any atom is -0.326 e. The van der Waals surface area contributed by atoms with E-state index in [1.807, 2.05) is 0 Å². The monoisotopic (exact) mass is 440 g/mol. The Morgan fingerprint density at radius 2 is 1.55 bits per heavy atom. The lowest BCUT2D eigenvalue weighted by atomic mass is 10.1. The van der Waals surface area contributed by atoms with Crippen molar-refractivity contribution in [2.45, 2.75) is 16.8 Å². The van der Waals surface area contributed by atoms with E-state index in [2.05, 4.69) is 10.0 Å². The molecule has 5 nitrogen and oxygen atoms in total. The van der Waals surface area contributed by atoms with Crippen LogP contribution < -0.4 is 10.0 Å². The zero-order valence-electron chi connectivity index (χ0n) is 14.7. The summed E-state index contributed by atoms with van der Waals surface area (Å²) in [6.07, 6.45) is -4.45. The van der Waals surface area contributed by atoms with Crippen molar-refractivity contribution in [1.29, 1.82) is 0 Å². The highest BCUT2D eigenvalue weighted by Gasteiger charge is 2.30. The maximum atomic E-state index is 12.6. The van der Waals surface area contributed by atoms with E-state index in [9.17, 15) is 26.4 Å². The van der Waals surface area contributed by atoms with Crippen molar-refractivity contribution in [3.05, 3.63) is 77.2 Å². The van der Waals surface area contributed by atoms with Gasteiger partial charge in [-0.15, -0.1) is 11.3 Å². The van der Waals surface area contributed by atoms with E-state index < -0.39 is 27.7 Å². The molecule has 2 N–H and O–H groups in total. The predicted molar refractivity (Wildman–Crippen MR) is 105 cm³/mol. The molecule has 0 unspecified atom stereocenters. The van der Waals surface area contributed by atoms with Crippen LogP contribution in [-0.4, -0.2) is 14.3 Å². The molecule has 3 aromatic rings. The zero-order valence-corrected chi connectivity index (χ0v) is 16.4. The van der Waals surface area contributed by atoms with Crippen molar-refractivity contribution in [2.75, 3.05) is 10.0 Å². The lowest BCUT2D eigenvalue weighted by Crippen LogP contribution is -2.15. The molecule has 0 bridgehead atoms. The largest absolute Gasteiger partial charge is 0.416 e. The summed E-state index contributed by atoms with van der Waals surface area (Å²) in [6.45, 7) is 0. The Balaban J connectivity index is 1.59. The lowest BCUT2D eigenvalue weighted by molar-refractivity contribution is -0.137. The summed E-state index contributed by atoms with van der Waals surface area (Å²) in [6, 6.07) is 13.5. The van der Waals surface area contributed by atoms with Crippen molar-refractivity contribution >= 4 is 38.6 Å². The molecular formula is C19H15F3N2O3S2. The zero-order chi connectivity index (χ0) is 21.1. The van der Waals surface area contributed by atoms with Gasteiger partial charge >= 0.3 is 6.18 Å². The fraction of sp³-hybridized carbons (Fsp3) is 0.105. The molecule has 1 aromatic heterocycles. The molecule has 10 heteroatoms. The van der Waals surface area contributed by atoms with Crippen molar-refractivity contribution in [2.24, 2.45) is 0 Å². The molecule has 152 valence electrons. The van der Waals surface area contributed by atoms with Crippen LogP contribution in [0.3, 0.4) is 0 Å². The molecule has 0 radical (unpaired) electrons. The number of rotatable bonds is 6. The van der Waals surface area contributed by atoms with Crippen molar-refractivity contribution in [1.82, 2.24) is 0 Å². The summed E-state index contributed by atoms with van der Waals surface area (Å²) in [7, 11) is -3.65. The van der Waals surface area contributed by atoms with Gasteiger partial charge in [0, 0.05) is 11.4 Å². The van der Waals surface area contributed by atoms with Crippen LogP contribution in [0, 0.1) is 0 Å². The molecule has 0 atom stereocenters. The third-order valence-electron chi connectivity index (χ3n) is 3.83. The Morgan fingerprint density at radius 3 is 2.10 bits per heavy atom. The van der Waals surface area contributed by atoms with Crippen LogP contribution in [-0.2, 0) is 27.4 Å². The first-order valence-electron chi connectivity index (χ1n) is 8.26. The highest BCUT2D eigenvalue weighted by atomic mass is 32.2. The molecule has 29 heavy (non-hydrogen) atoms. The Labute approximate surface area is 169 Å². The fourth-order valence-corrected chi connectivity index (χ4v) is 4.50. The smallest absolute Gasteiger partial charge is 0.326 e. The molecular weight excluding hydrogens is 425 g/mol. The standard InChI is InChI=1S/C19H15F3N2O3S2/c20-19(21,22)14-5-9-15(10-6-14)23-17(25)12-13-3-7-16(8-4-13)24-29(26,27)18-2-1-11-28-18/h1-11,24H,12H2,(H,23,25). The van der Waals surface area contributed by atoms with Gasteiger partial charge in [-0.1, -0.05) is 18.2 Å². The third kappa shape index (κ3) is 5.58. The number of benzene rings is 2. The van der Waals surface area contributed by atoms with Gasteiger partial charge in [0.05, 0.1) is 12.0 Å². The highest BCUT2D eigenvalue weighted by molar-refractivity contribution is 7.94. The quantitative estimate of drug-likeness (QED) is 0.581. The maximum Gasteiger partial charge on any atom is 0.416 e. The normalized spacial score (nSPS) is 11.8. The number of alkyl halides is 3. The minimum absolute atomic E-state index is 0.0149. The van der Waals surface area contributed by atoms with E-state index in [4.69, 9.17) is 0 Å². The van der Waals surface area contributed by atoms with Gasteiger partial charge < -0.3 is 5.32 Å². The molecule has 0 saturated heterocycles. The van der Waals surface area contributed by atoms with E-state index in [0.29, 0.717) is 11.3 Å². The van der Waals surface area contributed by atoms with Gasteiger partial charge in [-0.3, -0.25) is 9.52 Å². The maximum absolute atomic E-state index is 12.6. The molecule has 1 heterocycles. The van der Waals surface area contributed by atoms with Gasteiger partial charge in [-0.25, -0.2) is 8.42 Å². The first-order chi connectivity index (χ1) is 13.6. The van der Waals surface area contributed by atoms with Gasteiger partial charge in [0.2, 0.25) is 5.91 Å². The molecule has 0 aliphatic rings. The number of carbonyl (C=O) groups is 1. The second-order valence-electron chi connectivity index (χ2n) is 6.03. The van der Waals surface area contributed by atoms with Crippen LogP contribution >= 0.6 is 11.3 Å². The van der Waals surface area contributed by atoms with Crippen molar-refractivity contribution in [3.63, 3.8) is 0 Å². The molecule has 0 aliphatic heterocycles. The molecule has 0 aliphatic carbocycles. The van der Waals surface area contributed by atoms with Gasteiger partial charge in [0.15, 0.2) is 0 Å². The molecule has 2 aromatic carbocycles. The minimum atomic E-state index is -4.44. The predicted octanol–water partition coefficient (Wildman–Crippen LogP) is 4.75. The molecule has 1 amide bonds. The average molecular weight is 440 g/mol. The Bertz CT molecular complexity index is 1080. The Hall–Kier alpha value is -2.85. The number of hydrogen-bond donors (Lipinski definition) is 2. The number of nitrogens with one attached hydrogen (secondary N) is 2. The summed E-state index contributed by atoms with van der Waals surface area (Å²) in [5.74, 6) is -0.406. The van der Waals surface area contributed by atoms with Crippen molar-refractivity contribution in [3.8, 4) is 0 Å². The first kappa shape index (κ1) is 20.9. The molecule has 3 rings (SSSR count). The van der Waals surface area contributed by atoms with Crippen LogP contribution in [0.15, 0.2) is 70.3 Å². The number of carbonyl (C=O) groups excluding carboxylic acids is 1. The Kier molecular flexibility index (Phi) is 5.94. The van der Waals surface area contributed by atoms with Gasteiger partial charge in [-0.05, 0) is 53.4 Å². The summed E-state index contributed by atoms with van der Waals surface area (Å²) in [4.78, 5) is 12.1. The summed E-state index contributed by atoms with van der Waals surface area (Å²) in [5, 5.41) is 4.18. The Morgan fingerprint density at radius 1 is 0.931 bits per heavy atom. The van der Waals surface area contributed by atoms with E-state index in [1.165, 1.54) is 30.3 Å². The van der Waals surface area contributed by atoms with Crippen LogP contribution in [0.25, 0.3) is 0 Å².